The van der Waals surface area contributed by atoms with Crippen LogP contribution in [0.15, 0.2) is 77.4 Å². The molecule has 1 fully saturated rings. The van der Waals surface area contributed by atoms with Crippen LogP contribution < -0.4 is 10.1 Å². The van der Waals surface area contributed by atoms with Crippen molar-refractivity contribution in [2.24, 2.45) is 0 Å². The predicted octanol–water partition coefficient (Wildman–Crippen LogP) is 4.28. The van der Waals surface area contributed by atoms with Gasteiger partial charge >= 0.3 is 0 Å². The summed E-state index contributed by atoms with van der Waals surface area (Å²) in [6, 6.07) is 21.9. The van der Waals surface area contributed by atoms with Gasteiger partial charge in [0.1, 0.15) is 11.5 Å². The average molecular weight is 390 g/mol. The number of carbonyl (C=O) groups is 1. The van der Waals surface area contributed by atoms with Crippen LogP contribution >= 0.6 is 0 Å². The Morgan fingerprint density at radius 2 is 1.69 bits per heavy atom. The van der Waals surface area contributed by atoms with Crippen LogP contribution in [0.2, 0.25) is 0 Å². The second kappa shape index (κ2) is 9.43. The standard InChI is InChI=1S/C24H26N2O3/c27-24(25-17-22(23-9-6-16-28-23)26-14-4-5-15-26)18-29-21-12-10-20(11-13-21)19-7-2-1-3-8-19/h1-3,6-13,16,22H,4-5,14-15,17-18H2,(H,25,27). The maximum atomic E-state index is 12.3. The SMILES string of the molecule is O=C(COc1ccc(-c2ccccc2)cc1)NCC(c1ccco1)N1CCCC1. The zero-order valence-corrected chi connectivity index (χ0v) is 16.4. The van der Waals surface area contributed by atoms with Crippen molar-refractivity contribution in [1.82, 2.24) is 10.2 Å². The van der Waals surface area contributed by atoms with E-state index in [2.05, 4.69) is 22.3 Å². The van der Waals surface area contributed by atoms with Crippen molar-refractivity contribution in [2.45, 2.75) is 18.9 Å². The Morgan fingerprint density at radius 3 is 2.38 bits per heavy atom. The van der Waals surface area contributed by atoms with E-state index in [1.54, 1.807) is 6.26 Å². The molecule has 29 heavy (non-hydrogen) atoms. The van der Waals surface area contributed by atoms with E-state index >= 15 is 0 Å². The molecule has 1 aromatic heterocycles. The molecule has 5 nitrogen and oxygen atoms in total. The summed E-state index contributed by atoms with van der Waals surface area (Å²) in [7, 11) is 0. The monoisotopic (exact) mass is 390 g/mol. The molecule has 0 spiro atoms. The molecule has 1 N–H and O–H groups in total. The van der Waals surface area contributed by atoms with Gasteiger partial charge in [-0.25, -0.2) is 0 Å². The van der Waals surface area contributed by atoms with Gasteiger partial charge in [-0.2, -0.15) is 0 Å². The van der Waals surface area contributed by atoms with Crippen molar-refractivity contribution >= 4 is 5.91 Å². The Labute approximate surface area is 171 Å². The number of likely N-dealkylation sites (tertiary alicyclic amines) is 1. The third-order valence-electron chi connectivity index (χ3n) is 5.28. The van der Waals surface area contributed by atoms with Crippen LogP contribution in [0.4, 0.5) is 0 Å². The summed E-state index contributed by atoms with van der Waals surface area (Å²) in [4.78, 5) is 14.7. The molecule has 1 unspecified atom stereocenters. The van der Waals surface area contributed by atoms with Gasteiger partial charge in [-0.05, 0) is 61.3 Å². The summed E-state index contributed by atoms with van der Waals surface area (Å²) in [6.07, 6.45) is 4.06. The van der Waals surface area contributed by atoms with Crippen molar-refractivity contribution in [2.75, 3.05) is 26.2 Å². The second-order valence-electron chi connectivity index (χ2n) is 7.26. The van der Waals surface area contributed by atoms with Gasteiger partial charge in [0, 0.05) is 6.54 Å². The summed E-state index contributed by atoms with van der Waals surface area (Å²) in [5, 5.41) is 2.99. The van der Waals surface area contributed by atoms with E-state index in [1.807, 2.05) is 54.6 Å². The van der Waals surface area contributed by atoms with Crippen LogP contribution in [0.1, 0.15) is 24.6 Å². The lowest BCUT2D eigenvalue weighted by molar-refractivity contribution is -0.123. The van der Waals surface area contributed by atoms with Gasteiger partial charge < -0.3 is 14.5 Å². The third-order valence-corrected chi connectivity index (χ3v) is 5.28. The zero-order chi connectivity index (χ0) is 19.9. The number of furan rings is 1. The first-order chi connectivity index (χ1) is 14.3. The molecule has 0 bridgehead atoms. The summed E-state index contributed by atoms with van der Waals surface area (Å²) in [6.45, 7) is 2.58. The number of rotatable bonds is 8. The molecule has 2 heterocycles. The van der Waals surface area contributed by atoms with E-state index in [1.165, 1.54) is 12.8 Å². The quantitative estimate of drug-likeness (QED) is 0.624. The fraction of sp³-hybridized carbons (Fsp3) is 0.292. The molecule has 0 saturated carbocycles. The molecule has 0 aliphatic carbocycles. The zero-order valence-electron chi connectivity index (χ0n) is 16.4. The van der Waals surface area contributed by atoms with Crippen LogP contribution in [0.3, 0.4) is 0 Å². The lowest BCUT2D eigenvalue weighted by atomic mass is 10.1. The van der Waals surface area contributed by atoms with Crippen LogP contribution in [-0.2, 0) is 4.79 Å². The van der Waals surface area contributed by atoms with Crippen LogP contribution in [0.25, 0.3) is 11.1 Å². The van der Waals surface area contributed by atoms with Gasteiger partial charge in [0.15, 0.2) is 6.61 Å². The number of carbonyl (C=O) groups excluding carboxylic acids is 1. The van der Waals surface area contributed by atoms with Gasteiger partial charge in [-0.1, -0.05) is 42.5 Å². The first-order valence-electron chi connectivity index (χ1n) is 10.1. The predicted molar refractivity (Wildman–Crippen MR) is 113 cm³/mol. The highest BCUT2D eigenvalue weighted by molar-refractivity contribution is 5.77. The smallest absolute Gasteiger partial charge is 0.258 e. The summed E-state index contributed by atoms with van der Waals surface area (Å²) in [5.41, 5.74) is 2.27. The molecular weight excluding hydrogens is 364 g/mol. The van der Waals surface area contributed by atoms with E-state index in [4.69, 9.17) is 9.15 Å². The van der Waals surface area contributed by atoms with Crippen molar-refractivity contribution in [3.63, 3.8) is 0 Å². The van der Waals surface area contributed by atoms with Gasteiger partial charge in [0.2, 0.25) is 0 Å². The topological polar surface area (TPSA) is 54.7 Å². The Morgan fingerprint density at radius 1 is 0.966 bits per heavy atom. The summed E-state index contributed by atoms with van der Waals surface area (Å²) in [5.74, 6) is 1.44. The van der Waals surface area contributed by atoms with Crippen LogP contribution in [0.5, 0.6) is 5.75 Å². The maximum absolute atomic E-state index is 12.3. The number of nitrogens with one attached hydrogen (secondary N) is 1. The molecule has 4 rings (SSSR count). The lowest BCUT2D eigenvalue weighted by Gasteiger charge is -2.26. The minimum atomic E-state index is -0.132. The van der Waals surface area contributed by atoms with Gasteiger partial charge in [0.05, 0.1) is 12.3 Å². The minimum absolute atomic E-state index is 0.00441. The Hall–Kier alpha value is -3.05. The van der Waals surface area contributed by atoms with E-state index < -0.39 is 0 Å². The molecule has 1 saturated heterocycles. The molecule has 5 heteroatoms. The first kappa shape index (κ1) is 19.3. The first-order valence-corrected chi connectivity index (χ1v) is 10.1. The maximum Gasteiger partial charge on any atom is 0.258 e. The Bertz CT molecular complexity index is 886. The van der Waals surface area contributed by atoms with Gasteiger partial charge in [0.25, 0.3) is 5.91 Å². The molecule has 1 amide bonds. The van der Waals surface area contributed by atoms with Crippen LogP contribution in [-0.4, -0.2) is 37.0 Å². The highest BCUT2D eigenvalue weighted by Crippen LogP contribution is 2.25. The molecule has 0 radical (unpaired) electrons. The number of amides is 1. The molecule has 1 aliphatic heterocycles. The number of hydrogen-bond acceptors (Lipinski definition) is 4. The molecule has 1 aliphatic rings. The van der Waals surface area contributed by atoms with Crippen molar-refractivity contribution in [3.05, 3.63) is 78.8 Å². The minimum Gasteiger partial charge on any atom is -0.484 e. The average Bonchev–Trinajstić information content (AvgIpc) is 3.49. The van der Waals surface area contributed by atoms with E-state index in [0.717, 1.165) is 30.0 Å². The van der Waals surface area contributed by atoms with E-state index in [9.17, 15) is 4.79 Å². The fourth-order valence-corrected chi connectivity index (χ4v) is 3.73. The summed E-state index contributed by atoms with van der Waals surface area (Å²) < 4.78 is 11.3. The molecule has 3 aromatic rings. The van der Waals surface area contributed by atoms with Gasteiger partial charge in [-0.15, -0.1) is 0 Å². The van der Waals surface area contributed by atoms with E-state index in [0.29, 0.717) is 12.3 Å². The normalized spacial score (nSPS) is 15.2. The van der Waals surface area contributed by atoms with Gasteiger partial charge in [-0.3, -0.25) is 9.69 Å². The third kappa shape index (κ3) is 5.06. The Kier molecular flexibility index (Phi) is 6.27. The Balaban J connectivity index is 1.28. The molecule has 150 valence electrons. The number of ether oxygens (including phenoxy) is 1. The van der Waals surface area contributed by atoms with Crippen molar-refractivity contribution < 1.29 is 13.9 Å². The fourth-order valence-electron chi connectivity index (χ4n) is 3.73. The largest absolute Gasteiger partial charge is 0.484 e. The number of hydrogen-bond donors (Lipinski definition) is 1. The van der Waals surface area contributed by atoms with Crippen LogP contribution in [0, 0.1) is 0 Å². The van der Waals surface area contributed by atoms with Crippen molar-refractivity contribution in [3.8, 4) is 16.9 Å². The van der Waals surface area contributed by atoms with E-state index in [-0.39, 0.29) is 18.6 Å². The second-order valence-corrected chi connectivity index (χ2v) is 7.26. The summed E-state index contributed by atoms with van der Waals surface area (Å²) >= 11 is 0. The lowest BCUT2D eigenvalue weighted by Crippen LogP contribution is -2.38. The van der Waals surface area contributed by atoms with Crippen molar-refractivity contribution in [1.29, 1.82) is 0 Å². The molecule has 2 aromatic carbocycles. The number of benzene rings is 2. The highest BCUT2D eigenvalue weighted by atomic mass is 16.5. The molecular formula is C24H26N2O3. The highest BCUT2D eigenvalue weighted by Gasteiger charge is 2.25. The number of nitrogens with zero attached hydrogens (tertiary/aromatic N) is 1. The molecule has 1 atom stereocenters.